The van der Waals surface area contributed by atoms with Gasteiger partial charge in [-0.3, -0.25) is 0 Å². The van der Waals surface area contributed by atoms with E-state index in [1.807, 2.05) is 11.8 Å². The molecule has 0 radical (unpaired) electrons. The van der Waals surface area contributed by atoms with Gasteiger partial charge in [0.25, 0.3) is 0 Å². The van der Waals surface area contributed by atoms with Crippen LogP contribution in [0.5, 0.6) is 0 Å². The van der Waals surface area contributed by atoms with Gasteiger partial charge in [0.15, 0.2) is 0 Å². The van der Waals surface area contributed by atoms with Crippen molar-refractivity contribution in [3.05, 3.63) is 0 Å². The van der Waals surface area contributed by atoms with Crippen molar-refractivity contribution >= 4 is 23.4 Å². The topological polar surface area (TPSA) is 12.0 Å². The van der Waals surface area contributed by atoms with E-state index in [9.17, 15) is 0 Å². The van der Waals surface area contributed by atoms with E-state index in [0.29, 0.717) is 0 Å². The number of thioether (sulfide) groups is 1. The van der Waals surface area contributed by atoms with Gasteiger partial charge in [0.2, 0.25) is 0 Å². The van der Waals surface area contributed by atoms with Crippen LogP contribution in [0.25, 0.3) is 0 Å². The lowest BCUT2D eigenvalue weighted by Gasteiger charge is -2.36. The first-order chi connectivity index (χ1) is 7.33. The molecular formula is C12H24ClNS. The summed E-state index contributed by atoms with van der Waals surface area (Å²) in [5, 5.41) is 3.70. The first-order valence-electron chi connectivity index (χ1n) is 6.22. The van der Waals surface area contributed by atoms with Crippen LogP contribution < -0.4 is 5.32 Å². The molecular weight excluding hydrogens is 226 g/mol. The molecule has 0 atom stereocenters. The third-order valence-corrected chi connectivity index (χ3v) is 4.73. The van der Waals surface area contributed by atoms with E-state index < -0.39 is 0 Å². The van der Waals surface area contributed by atoms with Crippen LogP contribution in [0.3, 0.4) is 0 Å². The second-order valence-corrected chi connectivity index (χ2v) is 6.11. The highest BCUT2D eigenvalue weighted by atomic mass is 35.5. The Morgan fingerprint density at radius 2 is 2.00 bits per heavy atom. The summed E-state index contributed by atoms with van der Waals surface area (Å²) in [5.74, 6) is 3.30. The van der Waals surface area contributed by atoms with E-state index in [1.165, 1.54) is 50.0 Å². The van der Waals surface area contributed by atoms with E-state index in [0.717, 1.165) is 12.4 Å². The van der Waals surface area contributed by atoms with Crippen LogP contribution in [0.4, 0.5) is 0 Å². The summed E-state index contributed by atoms with van der Waals surface area (Å²) in [7, 11) is 0. The minimum Gasteiger partial charge on any atom is -0.310 e. The van der Waals surface area contributed by atoms with Crippen LogP contribution in [0.2, 0.25) is 0 Å². The van der Waals surface area contributed by atoms with Gasteiger partial charge >= 0.3 is 0 Å². The molecule has 0 unspecified atom stereocenters. The lowest BCUT2D eigenvalue weighted by Crippen LogP contribution is -2.48. The Morgan fingerprint density at radius 1 is 1.27 bits per heavy atom. The van der Waals surface area contributed by atoms with Gasteiger partial charge in [0.1, 0.15) is 0 Å². The highest BCUT2D eigenvalue weighted by Crippen LogP contribution is 2.29. The summed E-state index contributed by atoms with van der Waals surface area (Å²) in [6.07, 6.45) is 7.92. The molecule has 0 bridgehead atoms. The van der Waals surface area contributed by atoms with Gasteiger partial charge in [-0.2, -0.15) is 11.8 Å². The fourth-order valence-corrected chi connectivity index (χ4v) is 3.26. The van der Waals surface area contributed by atoms with Crippen LogP contribution >= 0.6 is 23.4 Å². The minimum absolute atomic E-state index is 0.274. The predicted molar refractivity (Wildman–Crippen MR) is 72.2 cm³/mol. The maximum Gasteiger partial charge on any atom is 0.0406 e. The van der Waals surface area contributed by atoms with Gasteiger partial charge in [-0.1, -0.05) is 26.2 Å². The van der Waals surface area contributed by atoms with Crippen LogP contribution in [0.15, 0.2) is 0 Å². The van der Waals surface area contributed by atoms with Crippen molar-refractivity contribution in [1.82, 2.24) is 5.32 Å². The fraction of sp³-hybridized carbons (Fsp3) is 1.00. The molecule has 15 heavy (non-hydrogen) atoms. The molecule has 0 spiro atoms. The summed E-state index contributed by atoms with van der Waals surface area (Å²) in [4.78, 5) is 0. The summed E-state index contributed by atoms with van der Waals surface area (Å²) >= 11 is 8.14. The van der Waals surface area contributed by atoms with Crippen LogP contribution in [0.1, 0.15) is 45.4 Å². The van der Waals surface area contributed by atoms with Crippen molar-refractivity contribution < 1.29 is 0 Å². The molecule has 0 aromatic heterocycles. The van der Waals surface area contributed by atoms with E-state index in [-0.39, 0.29) is 5.54 Å². The monoisotopic (exact) mass is 249 g/mol. The standard InChI is InChI=1S/C12H24ClNS/c1-2-15-10-6-9-14-12(11-13)7-4-3-5-8-12/h14H,2-11H2,1H3. The number of nitrogens with one attached hydrogen (secondary N) is 1. The quantitative estimate of drug-likeness (QED) is 0.546. The van der Waals surface area contributed by atoms with Crippen molar-refractivity contribution in [1.29, 1.82) is 0 Å². The van der Waals surface area contributed by atoms with Gasteiger partial charge in [-0.05, 0) is 37.3 Å². The smallest absolute Gasteiger partial charge is 0.0406 e. The molecule has 1 N–H and O–H groups in total. The largest absolute Gasteiger partial charge is 0.310 e. The summed E-state index contributed by atoms with van der Waals surface area (Å²) in [5.41, 5.74) is 0.274. The van der Waals surface area contributed by atoms with Gasteiger partial charge < -0.3 is 5.32 Å². The Balaban J connectivity index is 2.15. The Bertz CT molecular complexity index is 158. The zero-order valence-electron chi connectivity index (χ0n) is 9.86. The highest BCUT2D eigenvalue weighted by molar-refractivity contribution is 7.99. The molecule has 1 aliphatic rings. The lowest BCUT2D eigenvalue weighted by molar-refractivity contribution is 0.259. The van der Waals surface area contributed by atoms with Crippen molar-refractivity contribution in [3.8, 4) is 0 Å². The van der Waals surface area contributed by atoms with Crippen molar-refractivity contribution in [2.24, 2.45) is 0 Å². The molecule has 0 saturated heterocycles. The minimum atomic E-state index is 0.274. The van der Waals surface area contributed by atoms with Gasteiger partial charge in [-0.25, -0.2) is 0 Å². The fourth-order valence-electron chi connectivity index (χ4n) is 2.26. The molecule has 1 nitrogen and oxygen atoms in total. The average Bonchev–Trinajstić information content (AvgIpc) is 2.30. The maximum absolute atomic E-state index is 6.11. The van der Waals surface area contributed by atoms with Gasteiger partial charge in [0, 0.05) is 11.4 Å². The van der Waals surface area contributed by atoms with Gasteiger partial charge in [0.05, 0.1) is 0 Å². The lowest BCUT2D eigenvalue weighted by atomic mass is 9.83. The molecule has 0 aliphatic heterocycles. The second kappa shape index (κ2) is 7.81. The van der Waals surface area contributed by atoms with Crippen LogP contribution in [-0.2, 0) is 0 Å². The molecule has 0 aromatic carbocycles. The third kappa shape index (κ3) is 4.97. The molecule has 1 aliphatic carbocycles. The van der Waals surface area contributed by atoms with Crippen molar-refractivity contribution in [2.45, 2.75) is 51.0 Å². The van der Waals surface area contributed by atoms with Gasteiger partial charge in [-0.15, -0.1) is 11.6 Å². The molecule has 3 heteroatoms. The number of alkyl halides is 1. The summed E-state index contributed by atoms with van der Waals surface area (Å²) in [6.45, 7) is 3.36. The zero-order valence-corrected chi connectivity index (χ0v) is 11.4. The number of hydrogen-bond donors (Lipinski definition) is 1. The molecule has 1 fully saturated rings. The molecule has 1 rings (SSSR count). The van der Waals surface area contributed by atoms with Crippen molar-refractivity contribution in [2.75, 3.05) is 23.9 Å². The SMILES string of the molecule is CCSCCCNC1(CCl)CCCCC1. The molecule has 1 saturated carbocycles. The zero-order chi connectivity index (χ0) is 11.0. The Hall–Kier alpha value is 0.600. The molecule has 0 aromatic rings. The van der Waals surface area contributed by atoms with E-state index in [1.54, 1.807) is 0 Å². The Labute approximate surface area is 104 Å². The van der Waals surface area contributed by atoms with Crippen LogP contribution in [0, 0.1) is 0 Å². The summed E-state index contributed by atoms with van der Waals surface area (Å²) < 4.78 is 0. The normalized spacial score (nSPS) is 20.4. The first-order valence-corrected chi connectivity index (χ1v) is 7.91. The number of hydrogen-bond acceptors (Lipinski definition) is 2. The number of halogens is 1. The maximum atomic E-state index is 6.11. The Morgan fingerprint density at radius 3 is 2.60 bits per heavy atom. The predicted octanol–water partition coefficient (Wildman–Crippen LogP) is 3.66. The highest BCUT2D eigenvalue weighted by Gasteiger charge is 2.29. The van der Waals surface area contributed by atoms with E-state index in [4.69, 9.17) is 11.6 Å². The molecule has 90 valence electrons. The van der Waals surface area contributed by atoms with E-state index >= 15 is 0 Å². The van der Waals surface area contributed by atoms with Crippen LogP contribution in [-0.4, -0.2) is 29.5 Å². The third-order valence-electron chi connectivity index (χ3n) is 3.24. The van der Waals surface area contributed by atoms with Crippen molar-refractivity contribution in [3.63, 3.8) is 0 Å². The Kier molecular flexibility index (Phi) is 7.11. The molecule has 0 amide bonds. The number of rotatable bonds is 7. The second-order valence-electron chi connectivity index (χ2n) is 4.45. The average molecular weight is 250 g/mol. The molecule has 0 heterocycles. The first kappa shape index (κ1) is 13.7. The summed E-state index contributed by atoms with van der Waals surface area (Å²) in [6, 6.07) is 0. The van der Waals surface area contributed by atoms with E-state index in [2.05, 4.69) is 12.2 Å².